The Kier molecular flexibility index (Phi) is 5.69. The number of anilines is 1. The van der Waals surface area contributed by atoms with Crippen LogP contribution in [0.2, 0.25) is 10.3 Å². The average molecular weight is 427 g/mol. The molecule has 0 unspecified atom stereocenters. The van der Waals surface area contributed by atoms with E-state index in [4.69, 9.17) is 23.2 Å². The van der Waals surface area contributed by atoms with Crippen LogP contribution in [0.25, 0.3) is 0 Å². The molecule has 1 aliphatic heterocycles. The monoisotopic (exact) mass is 426 g/mol. The standard InChI is InChI=1S/C17H16Cl2N4O3S/c1-23-8-2-3-16(23)22-27(25,26)13-6-4-12(5-7-13)20-17(24)11-9-14(18)21-15(19)10-11/h4-7,9-10H,2-3,8H2,1H3,(H,20,24)/b22-16+. The lowest BCUT2D eigenvalue weighted by Gasteiger charge is -2.11. The van der Waals surface area contributed by atoms with Crippen molar-refractivity contribution in [1.29, 1.82) is 0 Å². The zero-order chi connectivity index (χ0) is 19.6. The molecule has 1 aromatic heterocycles. The first kappa shape index (κ1) is 19.6. The molecule has 0 spiro atoms. The molecule has 0 atom stereocenters. The summed E-state index contributed by atoms with van der Waals surface area (Å²) in [5, 5.41) is 2.85. The van der Waals surface area contributed by atoms with Gasteiger partial charge in [0.2, 0.25) is 0 Å². The molecule has 2 aromatic rings. The molecule has 7 nitrogen and oxygen atoms in total. The minimum absolute atomic E-state index is 0.0586. The number of amides is 1. The van der Waals surface area contributed by atoms with Gasteiger partial charge in [0.15, 0.2) is 0 Å². The van der Waals surface area contributed by atoms with Crippen LogP contribution in [0, 0.1) is 0 Å². The highest BCUT2D eigenvalue weighted by molar-refractivity contribution is 7.90. The maximum Gasteiger partial charge on any atom is 0.283 e. The van der Waals surface area contributed by atoms with E-state index in [0.29, 0.717) is 17.9 Å². The molecule has 1 saturated heterocycles. The molecule has 1 fully saturated rings. The zero-order valence-electron chi connectivity index (χ0n) is 14.3. The van der Waals surface area contributed by atoms with Gasteiger partial charge >= 0.3 is 0 Å². The third kappa shape index (κ3) is 4.77. The van der Waals surface area contributed by atoms with Crippen molar-refractivity contribution in [2.24, 2.45) is 4.40 Å². The molecular weight excluding hydrogens is 411 g/mol. The molecule has 1 N–H and O–H groups in total. The van der Waals surface area contributed by atoms with E-state index in [1.165, 1.54) is 36.4 Å². The number of likely N-dealkylation sites (tertiary alicyclic amines) is 1. The van der Waals surface area contributed by atoms with E-state index < -0.39 is 15.9 Å². The van der Waals surface area contributed by atoms with E-state index in [9.17, 15) is 13.2 Å². The zero-order valence-corrected chi connectivity index (χ0v) is 16.6. The lowest BCUT2D eigenvalue weighted by atomic mass is 10.2. The third-order valence-electron chi connectivity index (χ3n) is 4.00. The Bertz CT molecular complexity index is 987. The Balaban J connectivity index is 1.76. The van der Waals surface area contributed by atoms with E-state index >= 15 is 0 Å². The molecule has 1 aromatic carbocycles. The van der Waals surface area contributed by atoms with Crippen LogP contribution in [0.15, 0.2) is 45.7 Å². The minimum Gasteiger partial charge on any atom is -0.362 e. The first-order chi connectivity index (χ1) is 12.7. The van der Waals surface area contributed by atoms with Crippen molar-refractivity contribution in [3.8, 4) is 0 Å². The second kappa shape index (κ2) is 7.84. The molecule has 1 amide bonds. The van der Waals surface area contributed by atoms with E-state index in [2.05, 4.69) is 14.7 Å². The lowest BCUT2D eigenvalue weighted by Crippen LogP contribution is -2.20. The number of hydrogen-bond donors (Lipinski definition) is 1. The molecule has 1 aliphatic rings. The third-order valence-corrected chi connectivity index (χ3v) is 5.70. The number of rotatable bonds is 4. The van der Waals surface area contributed by atoms with E-state index in [-0.39, 0.29) is 20.8 Å². The lowest BCUT2D eigenvalue weighted by molar-refractivity contribution is 0.102. The maximum absolute atomic E-state index is 12.4. The van der Waals surface area contributed by atoms with Gasteiger partial charge in [-0.25, -0.2) is 4.98 Å². The highest BCUT2D eigenvalue weighted by atomic mass is 35.5. The van der Waals surface area contributed by atoms with Crippen LogP contribution < -0.4 is 5.32 Å². The second-order valence-corrected chi connectivity index (χ2v) is 8.37. The van der Waals surface area contributed by atoms with Gasteiger partial charge in [-0.3, -0.25) is 4.79 Å². The summed E-state index contributed by atoms with van der Waals surface area (Å²) < 4.78 is 28.8. The van der Waals surface area contributed by atoms with Crippen molar-refractivity contribution in [2.45, 2.75) is 17.7 Å². The quantitative estimate of drug-likeness (QED) is 0.755. The number of pyridine rings is 1. The highest BCUT2D eigenvalue weighted by Gasteiger charge is 2.20. The van der Waals surface area contributed by atoms with Crippen LogP contribution in [0.1, 0.15) is 23.2 Å². The van der Waals surface area contributed by atoms with Gasteiger partial charge in [0.25, 0.3) is 15.9 Å². The van der Waals surface area contributed by atoms with Crippen molar-refractivity contribution in [2.75, 3.05) is 18.9 Å². The molecule has 0 bridgehead atoms. The van der Waals surface area contributed by atoms with Gasteiger partial charge in [-0.15, -0.1) is 4.40 Å². The van der Waals surface area contributed by atoms with Crippen LogP contribution in [0.4, 0.5) is 5.69 Å². The largest absolute Gasteiger partial charge is 0.362 e. The molecule has 2 heterocycles. The van der Waals surface area contributed by atoms with Crippen molar-refractivity contribution in [1.82, 2.24) is 9.88 Å². The molecule has 3 rings (SSSR count). The van der Waals surface area contributed by atoms with E-state index in [1.807, 2.05) is 11.9 Å². The summed E-state index contributed by atoms with van der Waals surface area (Å²) in [6.07, 6.45) is 1.53. The number of carbonyl (C=O) groups is 1. The maximum atomic E-state index is 12.4. The van der Waals surface area contributed by atoms with E-state index in [0.717, 1.165) is 13.0 Å². The average Bonchev–Trinajstić information content (AvgIpc) is 2.98. The molecule has 142 valence electrons. The van der Waals surface area contributed by atoms with Crippen molar-refractivity contribution < 1.29 is 13.2 Å². The van der Waals surface area contributed by atoms with Crippen molar-refractivity contribution in [3.05, 3.63) is 52.3 Å². The van der Waals surface area contributed by atoms with Crippen LogP contribution in [-0.4, -0.2) is 43.6 Å². The summed E-state index contributed by atoms with van der Waals surface area (Å²) in [6, 6.07) is 8.56. The number of carbonyl (C=O) groups excluding carboxylic acids is 1. The topological polar surface area (TPSA) is 91.7 Å². The minimum atomic E-state index is -3.79. The summed E-state index contributed by atoms with van der Waals surface area (Å²) in [5.41, 5.74) is 0.668. The number of halogens is 2. The number of hydrogen-bond acceptors (Lipinski definition) is 4. The Morgan fingerprint density at radius 3 is 2.37 bits per heavy atom. The molecule has 27 heavy (non-hydrogen) atoms. The van der Waals surface area contributed by atoms with Crippen LogP contribution in [0.5, 0.6) is 0 Å². The highest BCUT2D eigenvalue weighted by Crippen LogP contribution is 2.20. The van der Waals surface area contributed by atoms with Crippen LogP contribution in [-0.2, 0) is 10.0 Å². The van der Waals surface area contributed by atoms with Gasteiger partial charge in [0.1, 0.15) is 16.1 Å². The summed E-state index contributed by atoms with van der Waals surface area (Å²) in [6.45, 7) is 0.794. The van der Waals surface area contributed by atoms with Gasteiger partial charge in [-0.1, -0.05) is 23.2 Å². The fourth-order valence-electron chi connectivity index (χ4n) is 2.61. The smallest absolute Gasteiger partial charge is 0.283 e. The van der Waals surface area contributed by atoms with Crippen molar-refractivity contribution in [3.63, 3.8) is 0 Å². The fourth-order valence-corrected chi connectivity index (χ4v) is 4.16. The molecule has 0 radical (unpaired) electrons. The molecule has 0 aliphatic carbocycles. The predicted molar refractivity (Wildman–Crippen MR) is 105 cm³/mol. The Hall–Kier alpha value is -2.16. The van der Waals surface area contributed by atoms with Crippen LogP contribution in [0.3, 0.4) is 0 Å². The SMILES string of the molecule is CN1CCC/C1=N\S(=O)(=O)c1ccc(NC(=O)c2cc(Cl)nc(Cl)c2)cc1. The molecule has 10 heteroatoms. The first-order valence-electron chi connectivity index (χ1n) is 8.04. The van der Waals surface area contributed by atoms with Crippen molar-refractivity contribution >= 4 is 50.7 Å². The van der Waals surface area contributed by atoms with Crippen LogP contribution >= 0.6 is 23.2 Å². The van der Waals surface area contributed by atoms with Gasteiger partial charge in [-0.2, -0.15) is 8.42 Å². The van der Waals surface area contributed by atoms with Gasteiger partial charge < -0.3 is 10.2 Å². The summed E-state index contributed by atoms with van der Waals surface area (Å²) >= 11 is 11.6. The molecule has 0 saturated carbocycles. The summed E-state index contributed by atoms with van der Waals surface area (Å²) in [5.74, 6) is 0.114. The normalized spacial score (nSPS) is 16.0. The van der Waals surface area contributed by atoms with Gasteiger partial charge in [0, 0.05) is 31.3 Å². The van der Waals surface area contributed by atoms with Gasteiger partial charge in [0.05, 0.1) is 4.90 Å². The predicted octanol–water partition coefficient (Wildman–Crippen LogP) is 3.45. The Labute approximate surface area is 167 Å². The fraction of sp³-hybridized carbons (Fsp3) is 0.235. The second-order valence-electron chi connectivity index (χ2n) is 5.99. The van der Waals surface area contributed by atoms with E-state index in [1.54, 1.807) is 0 Å². The van der Waals surface area contributed by atoms with Gasteiger partial charge in [-0.05, 0) is 42.8 Å². The summed E-state index contributed by atoms with van der Waals surface area (Å²) in [4.78, 5) is 17.9. The summed E-state index contributed by atoms with van der Waals surface area (Å²) in [7, 11) is -1.98. The number of benzene rings is 1. The Morgan fingerprint density at radius 2 is 1.81 bits per heavy atom. The Morgan fingerprint density at radius 1 is 1.19 bits per heavy atom. The molecular formula is C17H16Cl2N4O3S. The number of nitrogens with one attached hydrogen (secondary N) is 1. The number of sulfonamides is 1. The number of nitrogens with zero attached hydrogens (tertiary/aromatic N) is 3. The number of amidine groups is 1. The first-order valence-corrected chi connectivity index (χ1v) is 10.2. The number of aromatic nitrogens is 1.